The van der Waals surface area contributed by atoms with E-state index < -0.39 is 24.6 Å². The van der Waals surface area contributed by atoms with Crippen LogP contribution in [0.15, 0.2) is 30.3 Å². The number of carbonyl (C=O) groups is 1. The molecule has 0 spiro atoms. The molecular formula is C12H14F3NO2. The molecule has 6 heteroatoms. The van der Waals surface area contributed by atoms with Gasteiger partial charge in [-0.1, -0.05) is 18.2 Å². The molecule has 0 aromatic heterocycles. The molecule has 0 saturated carbocycles. The summed E-state index contributed by atoms with van der Waals surface area (Å²) in [5.41, 5.74) is 0.309. The number of ether oxygens (including phenoxy) is 1. The second-order valence-corrected chi connectivity index (χ2v) is 3.61. The lowest BCUT2D eigenvalue weighted by Crippen LogP contribution is -2.38. The average Bonchev–Trinajstić information content (AvgIpc) is 2.28. The Morgan fingerprint density at radius 1 is 1.33 bits per heavy atom. The summed E-state index contributed by atoms with van der Waals surface area (Å²) in [4.78, 5) is 11.1. The van der Waals surface area contributed by atoms with Gasteiger partial charge in [0.1, 0.15) is 6.04 Å². The largest absolute Gasteiger partial charge is 0.466 e. The highest BCUT2D eigenvalue weighted by Crippen LogP contribution is 2.26. The van der Waals surface area contributed by atoms with Gasteiger partial charge in [0.2, 0.25) is 0 Å². The third-order valence-electron chi connectivity index (χ3n) is 2.19. The van der Waals surface area contributed by atoms with E-state index in [4.69, 9.17) is 0 Å². The smallest absolute Gasteiger partial charge is 0.409 e. The van der Waals surface area contributed by atoms with Gasteiger partial charge in [-0.3, -0.25) is 4.79 Å². The molecule has 0 heterocycles. The minimum atomic E-state index is -4.51. The fourth-order valence-corrected chi connectivity index (χ4v) is 1.37. The molecule has 0 bridgehead atoms. The van der Waals surface area contributed by atoms with E-state index in [1.165, 1.54) is 12.1 Å². The molecule has 0 aliphatic heterocycles. The molecule has 100 valence electrons. The number of halogens is 3. The van der Waals surface area contributed by atoms with Crippen LogP contribution in [0.2, 0.25) is 0 Å². The van der Waals surface area contributed by atoms with E-state index in [2.05, 4.69) is 10.1 Å². The normalized spacial score (nSPS) is 12.9. The molecule has 0 aliphatic rings. The predicted octanol–water partition coefficient (Wildman–Crippen LogP) is 2.98. The standard InChI is InChI=1S/C12H14F3NO2/c1-2-18-11(17)8-10(12(13,14)15)16-9-6-4-3-5-7-9/h3-7,10,16H,2,8H2,1H3. The van der Waals surface area contributed by atoms with E-state index in [0.29, 0.717) is 5.69 Å². The Hall–Kier alpha value is -1.72. The van der Waals surface area contributed by atoms with Gasteiger partial charge >= 0.3 is 12.1 Å². The average molecular weight is 261 g/mol. The summed E-state index contributed by atoms with van der Waals surface area (Å²) in [5, 5.41) is 2.28. The molecule has 1 rings (SSSR count). The molecule has 1 N–H and O–H groups in total. The van der Waals surface area contributed by atoms with E-state index in [9.17, 15) is 18.0 Å². The third-order valence-corrected chi connectivity index (χ3v) is 2.19. The van der Waals surface area contributed by atoms with Gasteiger partial charge in [-0.25, -0.2) is 0 Å². The maximum atomic E-state index is 12.7. The number of esters is 1. The van der Waals surface area contributed by atoms with Crippen molar-refractivity contribution in [3.63, 3.8) is 0 Å². The predicted molar refractivity (Wildman–Crippen MR) is 61.2 cm³/mol. The maximum Gasteiger partial charge on any atom is 0.409 e. The van der Waals surface area contributed by atoms with Crippen molar-refractivity contribution in [2.75, 3.05) is 11.9 Å². The van der Waals surface area contributed by atoms with Crippen LogP contribution < -0.4 is 5.32 Å². The first-order valence-corrected chi connectivity index (χ1v) is 5.47. The maximum absolute atomic E-state index is 12.7. The Morgan fingerprint density at radius 2 is 1.94 bits per heavy atom. The van der Waals surface area contributed by atoms with Crippen molar-refractivity contribution < 1.29 is 22.7 Å². The van der Waals surface area contributed by atoms with Crippen LogP contribution in [-0.4, -0.2) is 24.8 Å². The quantitative estimate of drug-likeness (QED) is 0.828. The van der Waals surface area contributed by atoms with Crippen molar-refractivity contribution in [2.24, 2.45) is 0 Å². The monoisotopic (exact) mass is 261 g/mol. The number of alkyl halides is 3. The van der Waals surface area contributed by atoms with E-state index in [0.717, 1.165) is 0 Å². The Bertz CT molecular complexity index is 379. The fraction of sp³-hybridized carbons (Fsp3) is 0.417. The minimum Gasteiger partial charge on any atom is -0.466 e. The van der Waals surface area contributed by atoms with Crippen LogP contribution in [0.3, 0.4) is 0 Å². The lowest BCUT2D eigenvalue weighted by molar-refractivity contribution is -0.161. The number of nitrogens with one attached hydrogen (secondary N) is 1. The van der Waals surface area contributed by atoms with Crippen LogP contribution in [0, 0.1) is 0 Å². The van der Waals surface area contributed by atoms with E-state index in [1.54, 1.807) is 25.1 Å². The number of carbonyl (C=O) groups excluding carboxylic acids is 1. The molecule has 0 amide bonds. The zero-order valence-electron chi connectivity index (χ0n) is 9.83. The third kappa shape index (κ3) is 4.65. The highest BCUT2D eigenvalue weighted by molar-refractivity contribution is 5.71. The number of anilines is 1. The van der Waals surface area contributed by atoms with Crippen molar-refractivity contribution in [2.45, 2.75) is 25.6 Å². The zero-order chi connectivity index (χ0) is 13.6. The Morgan fingerprint density at radius 3 is 2.44 bits per heavy atom. The van der Waals surface area contributed by atoms with E-state index in [-0.39, 0.29) is 6.61 Å². The molecule has 0 radical (unpaired) electrons. The molecule has 1 unspecified atom stereocenters. The summed E-state index contributed by atoms with van der Waals surface area (Å²) in [7, 11) is 0. The molecule has 18 heavy (non-hydrogen) atoms. The lowest BCUT2D eigenvalue weighted by Gasteiger charge is -2.21. The molecule has 0 aliphatic carbocycles. The summed E-state index contributed by atoms with van der Waals surface area (Å²) in [5.74, 6) is -0.872. The van der Waals surface area contributed by atoms with E-state index in [1.807, 2.05) is 0 Å². The number of rotatable bonds is 5. The summed E-state index contributed by atoms with van der Waals surface area (Å²) in [6.07, 6.45) is -5.26. The molecule has 3 nitrogen and oxygen atoms in total. The van der Waals surface area contributed by atoms with Gasteiger partial charge in [-0.15, -0.1) is 0 Å². The lowest BCUT2D eigenvalue weighted by atomic mass is 10.2. The van der Waals surface area contributed by atoms with Gasteiger partial charge in [0.05, 0.1) is 13.0 Å². The number of para-hydroxylation sites is 1. The molecule has 0 saturated heterocycles. The van der Waals surface area contributed by atoms with Crippen LogP contribution in [0.25, 0.3) is 0 Å². The molecule has 1 aromatic carbocycles. The van der Waals surface area contributed by atoms with Crippen molar-refractivity contribution >= 4 is 11.7 Å². The molecule has 1 aromatic rings. The first kappa shape index (κ1) is 14.3. The first-order chi connectivity index (χ1) is 8.43. The summed E-state index contributed by atoms with van der Waals surface area (Å²) < 4.78 is 42.7. The Kier molecular flexibility index (Phi) is 5.00. The summed E-state index contributed by atoms with van der Waals surface area (Å²) in [6, 6.07) is 5.98. The SMILES string of the molecule is CCOC(=O)CC(Nc1ccccc1)C(F)(F)F. The van der Waals surface area contributed by atoms with Gasteiger partial charge < -0.3 is 10.1 Å². The van der Waals surface area contributed by atoms with Gasteiger partial charge in [0.15, 0.2) is 0 Å². The van der Waals surface area contributed by atoms with Gasteiger partial charge in [-0.2, -0.15) is 13.2 Å². The van der Waals surface area contributed by atoms with Crippen LogP contribution in [-0.2, 0) is 9.53 Å². The van der Waals surface area contributed by atoms with Crippen LogP contribution in [0.1, 0.15) is 13.3 Å². The fourth-order valence-electron chi connectivity index (χ4n) is 1.37. The van der Waals surface area contributed by atoms with Gasteiger partial charge in [-0.05, 0) is 19.1 Å². The number of hydrogen-bond donors (Lipinski definition) is 1. The number of benzene rings is 1. The van der Waals surface area contributed by atoms with E-state index >= 15 is 0 Å². The highest BCUT2D eigenvalue weighted by atomic mass is 19.4. The molecular weight excluding hydrogens is 247 g/mol. The van der Waals surface area contributed by atoms with Crippen molar-refractivity contribution in [3.8, 4) is 0 Å². The summed E-state index contributed by atoms with van der Waals surface area (Å²) >= 11 is 0. The highest BCUT2D eigenvalue weighted by Gasteiger charge is 2.41. The van der Waals surface area contributed by atoms with Crippen molar-refractivity contribution in [1.82, 2.24) is 0 Å². The second-order valence-electron chi connectivity index (χ2n) is 3.61. The number of hydrogen-bond acceptors (Lipinski definition) is 3. The minimum absolute atomic E-state index is 0.0642. The first-order valence-electron chi connectivity index (χ1n) is 5.47. The molecule has 1 atom stereocenters. The molecule has 0 fully saturated rings. The second kappa shape index (κ2) is 6.28. The van der Waals surface area contributed by atoms with Crippen molar-refractivity contribution in [3.05, 3.63) is 30.3 Å². The summed E-state index contributed by atoms with van der Waals surface area (Å²) in [6.45, 7) is 1.61. The zero-order valence-corrected chi connectivity index (χ0v) is 9.83. The van der Waals surface area contributed by atoms with Crippen LogP contribution >= 0.6 is 0 Å². The Balaban J connectivity index is 2.71. The van der Waals surface area contributed by atoms with Crippen molar-refractivity contribution in [1.29, 1.82) is 0 Å². The van der Waals surface area contributed by atoms with Crippen LogP contribution in [0.4, 0.5) is 18.9 Å². The van der Waals surface area contributed by atoms with Gasteiger partial charge in [0.25, 0.3) is 0 Å². The Labute approximate surface area is 103 Å². The van der Waals surface area contributed by atoms with Crippen LogP contribution in [0.5, 0.6) is 0 Å². The van der Waals surface area contributed by atoms with Gasteiger partial charge in [0, 0.05) is 5.69 Å². The topological polar surface area (TPSA) is 38.3 Å².